The number of methoxy groups -OCH3 is 1. The van der Waals surface area contributed by atoms with Gasteiger partial charge in [0.2, 0.25) is 0 Å². The van der Waals surface area contributed by atoms with Crippen LogP contribution in [0.2, 0.25) is 0 Å². The monoisotopic (exact) mass is 147 g/mol. The smallest absolute Gasteiger partial charge is 0.0864 e. The number of ether oxygens (including phenoxy) is 1. The van der Waals surface area contributed by atoms with Crippen LogP contribution in [0.5, 0.6) is 0 Å². The fourth-order valence-electron chi connectivity index (χ4n) is 0.911. The molecule has 3 N–H and O–H groups in total. The summed E-state index contributed by atoms with van der Waals surface area (Å²) in [6.45, 7) is 3.98. The van der Waals surface area contributed by atoms with Crippen molar-refractivity contribution in [1.29, 1.82) is 0 Å². The lowest BCUT2D eigenvalue weighted by atomic mass is 9.99. The van der Waals surface area contributed by atoms with E-state index >= 15 is 0 Å². The molecule has 3 heteroatoms. The molecule has 10 heavy (non-hydrogen) atoms. The maximum atomic E-state index is 9.43. The number of rotatable bonds is 4. The summed E-state index contributed by atoms with van der Waals surface area (Å²) in [4.78, 5) is 0. The molecule has 3 nitrogen and oxygen atoms in total. The minimum atomic E-state index is -0.784. The summed E-state index contributed by atoms with van der Waals surface area (Å²) in [5.41, 5.74) is 4.53. The van der Waals surface area contributed by atoms with E-state index in [0.717, 1.165) is 0 Å². The van der Waals surface area contributed by atoms with Crippen molar-refractivity contribution < 1.29 is 9.84 Å². The highest BCUT2D eigenvalue weighted by atomic mass is 16.5. The van der Waals surface area contributed by atoms with Crippen LogP contribution in [0.3, 0.4) is 0 Å². The van der Waals surface area contributed by atoms with E-state index in [0.29, 0.717) is 13.0 Å². The van der Waals surface area contributed by atoms with Gasteiger partial charge in [-0.1, -0.05) is 0 Å². The predicted octanol–water partition coefficient (Wildman–Crippen LogP) is 0.121. The highest BCUT2D eigenvalue weighted by Crippen LogP contribution is 2.13. The van der Waals surface area contributed by atoms with Crippen molar-refractivity contribution in [3.05, 3.63) is 0 Å². The normalized spacial score (nSPS) is 15.3. The Morgan fingerprint density at radius 2 is 2.10 bits per heavy atom. The molecule has 1 unspecified atom stereocenters. The molecule has 0 aliphatic heterocycles. The maximum absolute atomic E-state index is 9.43. The Hall–Kier alpha value is -0.120. The third-order valence-corrected chi connectivity index (χ3v) is 1.50. The fraction of sp³-hybridized carbons (Fsp3) is 1.00. The van der Waals surface area contributed by atoms with Crippen LogP contribution < -0.4 is 5.73 Å². The lowest BCUT2D eigenvalue weighted by Gasteiger charge is -2.27. The van der Waals surface area contributed by atoms with Gasteiger partial charge >= 0.3 is 0 Å². The molecule has 0 heterocycles. The van der Waals surface area contributed by atoms with E-state index in [1.807, 2.05) is 0 Å². The van der Waals surface area contributed by atoms with Crippen LogP contribution in [-0.4, -0.2) is 30.5 Å². The Balaban J connectivity index is 3.81. The van der Waals surface area contributed by atoms with E-state index in [2.05, 4.69) is 0 Å². The first-order valence-corrected chi connectivity index (χ1v) is 3.47. The van der Waals surface area contributed by atoms with E-state index < -0.39 is 5.60 Å². The minimum absolute atomic E-state index is 0.155. The van der Waals surface area contributed by atoms with Crippen LogP contribution in [0.15, 0.2) is 0 Å². The molecule has 0 rings (SSSR count). The summed E-state index contributed by atoms with van der Waals surface area (Å²) < 4.78 is 5.03. The zero-order valence-electron chi connectivity index (χ0n) is 6.92. The molecule has 0 radical (unpaired) electrons. The third kappa shape index (κ3) is 3.15. The van der Waals surface area contributed by atoms with Gasteiger partial charge in [-0.3, -0.25) is 0 Å². The van der Waals surface area contributed by atoms with Gasteiger partial charge in [0.15, 0.2) is 0 Å². The molecular weight excluding hydrogens is 130 g/mol. The topological polar surface area (TPSA) is 55.5 Å². The summed E-state index contributed by atoms with van der Waals surface area (Å²) in [5, 5.41) is 9.43. The van der Waals surface area contributed by atoms with Gasteiger partial charge in [-0.05, 0) is 26.8 Å². The molecular formula is C7H17NO2. The Morgan fingerprint density at radius 1 is 1.60 bits per heavy atom. The number of aliphatic hydroxyl groups is 1. The summed E-state index contributed by atoms with van der Waals surface area (Å²) in [6.07, 6.45) is 0.539. The van der Waals surface area contributed by atoms with Gasteiger partial charge in [0.05, 0.1) is 11.7 Å². The van der Waals surface area contributed by atoms with E-state index in [4.69, 9.17) is 10.5 Å². The highest BCUT2D eigenvalue weighted by Gasteiger charge is 2.25. The highest BCUT2D eigenvalue weighted by molar-refractivity contribution is 4.77. The van der Waals surface area contributed by atoms with E-state index in [-0.39, 0.29) is 6.10 Å². The van der Waals surface area contributed by atoms with E-state index in [9.17, 15) is 5.11 Å². The van der Waals surface area contributed by atoms with Gasteiger partial charge in [0.1, 0.15) is 0 Å². The molecule has 0 aromatic carbocycles. The molecule has 1 atom stereocenters. The molecule has 0 bridgehead atoms. The van der Waals surface area contributed by atoms with Crippen molar-refractivity contribution >= 4 is 0 Å². The Kier molecular flexibility index (Phi) is 3.86. The molecule has 0 aliphatic carbocycles. The molecule has 0 saturated carbocycles. The Morgan fingerprint density at radius 3 is 2.20 bits per heavy atom. The van der Waals surface area contributed by atoms with Gasteiger partial charge in [0.25, 0.3) is 0 Å². The second-order valence-corrected chi connectivity index (χ2v) is 2.96. The van der Waals surface area contributed by atoms with Crippen LogP contribution in [-0.2, 0) is 4.74 Å². The first-order chi connectivity index (χ1) is 4.52. The van der Waals surface area contributed by atoms with Gasteiger partial charge in [-0.25, -0.2) is 0 Å². The lowest BCUT2D eigenvalue weighted by molar-refractivity contribution is -0.0718. The van der Waals surface area contributed by atoms with Crippen molar-refractivity contribution in [3.63, 3.8) is 0 Å². The van der Waals surface area contributed by atoms with E-state index in [1.54, 1.807) is 21.0 Å². The average Bonchev–Trinajstić information content (AvgIpc) is 1.80. The quantitative estimate of drug-likeness (QED) is 0.594. The molecule has 0 saturated heterocycles. The fourth-order valence-corrected chi connectivity index (χ4v) is 0.911. The van der Waals surface area contributed by atoms with Gasteiger partial charge in [-0.15, -0.1) is 0 Å². The standard InChI is InChI=1S/C7H17NO2/c1-7(2,9)6(10-3)4-5-8/h6,9H,4-5,8H2,1-3H3. The van der Waals surface area contributed by atoms with Crippen molar-refractivity contribution in [1.82, 2.24) is 0 Å². The zero-order chi connectivity index (χ0) is 8.20. The number of hydrogen-bond acceptors (Lipinski definition) is 3. The zero-order valence-corrected chi connectivity index (χ0v) is 6.92. The van der Waals surface area contributed by atoms with Crippen molar-refractivity contribution in [2.75, 3.05) is 13.7 Å². The summed E-state index contributed by atoms with van der Waals surface area (Å²) >= 11 is 0. The molecule has 0 amide bonds. The van der Waals surface area contributed by atoms with Crippen molar-refractivity contribution in [2.24, 2.45) is 5.73 Å². The van der Waals surface area contributed by atoms with Gasteiger partial charge < -0.3 is 15.6 Å². The first kappa shape index (κ1) is 9.88. The molecule has 0 spiro atoms. The summed E-state index contributed by atoms with van der Waals surface area (Å²) in [7, 11) is 1.58. The number of nitrogens with two attached hydrogens (primary N) is 1. The van der Waals surface area contributed by atoms with Gasteiger partial charge in [0, 0.05) is 7.11 Å². The third-order valence-electron chi connectivity index (χ3n) is 1.50. The summed E-state index contributed by atoms with van der Waals surface area (Å²) in [5.74, 6) is 0. The second kappa shape index (κ2) is 3.91. The first-order valence-electron chi connectivity index (χ1n) is 3.47. The SMILES string of the molecule is COC(CCN)C(C)(C)O. The molecule has 0 aromatic heterocycles. The second-order valence-electron chi connectivity index (χ2n) is 2.96. The molecule has 0 aliphatic rings. The molecule has 62 valence electrons. The Labute approximate surface area is 62.2 Å². The number of hydrogen-bond donors (Lipinski definition) is 2. The van der Waals surface area contributed by atoms with Crippen LogP contribution in [0.4, 0.5) is 0 Å². The molecule has 0 aromatic rings. The van der Waals surface area contributed by atoms with Crippen LogP contribution >= 0.6 is 0 Å². The van der Waals surface area contributed by atoms with E-state index in [1.165, 1.54) is 0 Å². The Bertz CT molecular complexity index is 88.1. The minimum Gasteiger partial charge on any atom is -0.388 e. The van der Waals surface area contributed by atoms with Crippen LogP contribution in [0.1, 0.15) is 20.3 Å². The summed E-state index contributed by atoms with van der Waals surface area (Å²) in [6, 6.07) is 0. The van der Waals surface area contributed by atoms with Crippen LogP contribution in [0.25, 0.3) is 0 Å². The lowest BCUT2D eigenvalue weighted by Crippen LogP contribution is -2.38. The predicted molar refractivity (Wildman–Crippen MR) is 40.8 cm³/mol. The average molecular weight is 147 g/mol. The van der Waals surface area contributed by atoms with Crippen molar-refractivity contribution in [2.45, 2.75) is 32.0 Å². The van der Waals surface area contributed by atoms with Gasteiger partial charge in [-0.2, -0.15) is 0 Å². The maximum Gasteiger partial charge on any atom is 0.0864 e. The van der Waals surface area contributed by atoms with Crippen molar-refractivity contribution in [3.8, 4) is 0 Å². The largest absolute Gasteiger partial charge is 0.388 e. The van der Waals surface area contributed by atoms with Crippen LogP contribution in [0, 0.1) is 0 Å². The molecule has 0 fully saturated rings.